The second-order valence-electron chi connectivity index (χ2n) is 4.33. The van der Waals surface area contributed by atoms with Crippen LogP contribution in [-0.2, 0) is 4.79 Å². The molecule has 0 aromatic heterocycles. The van der Waals surface area contributed by atoms with Crippen LogP contribution >= 0.6 is 31.9 Å². The van der Waals surface area contributed by atoms with Gasteiger partial charge in [0.15, 0.2) is 0 Å². The SMILES string of the molecule is O=C(O)[C@@H]1C[C@H](O)CN1C(=O)c1cc(Br)ccc1Br. The number of β-amino-alcohol motifs (C(OH)–C–C–N with tert-alkyl or cyclic N) is 1. The molecule has 1 amide bonds. The number of benzene rings is 1. The van der Waals surface area contributed by atoms with E-state index in [-0.39, 0.29) is 13.0 Å². The molecular weight excluding hydrogens is 382 g/mol. The van der Waals surface area contributed by atoms with Gasteiger partial charge < -0.3 is 15.1 Å². The number of hydrogen-bond donors (Lipinski definition) is 2. The van der Waals surface area contributed by atoms with Gasteiger partial charge in [0, 0.05) is 21.9 Å². The zero-order valence-electron chi connectivity index (χ0n) is 9.72. The summed E-state index contributed by atoms with van der Waals surface area (Å²) in [5.41, 5.74) is 0.370. The van der Waals surface area contributed by atoms with Gasteiger partial charge in [-0.15, -0.1) is 0 Å². The average molecular weight is 393 g/mol. The summed E-state index contributed by atoms with van der Waals surface area (Å²) in [6.45, 7) is 0.0365. The molecule has 7 heteroatoms. The number of aliphatic carboxylic acids is 1. The summed E-state index contributed by atoms with van der Waals surface area (Å²) in [6.07, 6.45) is -0.733. The monoisotopic (exact) mass is 391 g/mol. The van der Waals surface area contributed by atoms with E-state index in [0.717, 1.165) is 4.47 Å². The maximum absolute atomic E-state index is 12.4. The van der Waals surface area contributed by atoms with Gasteiger partial charge in [0.25, 0.3) is 5.91 Å². The third kappa shape index (κ3) is 2.98. The van der Waals surface area contributed by atoms with E-state index >= 15 is 0 Å². The van der Waals surface area contributed by atoms with Crippen molar-refractivity contribution in [3.8, 4) is 0 Å². The number of likely N-dealkylation sites (tertiary alicyclic amines) is 1. The molecule has 5 nitrogen and oxygen atoms in total. The number of carbonyl (C=O) groups excluding carboxylic acids is 1. The number of carboxylic acids is 1. The number of carbonyl (C=O) groups is 2. The Hall–Kier alpha value is -0.920. The van der Waals surface area contributed by atoms with Crippen LogP contribution in [-0.4, -0.2) is 45.7 Å². The second kappa shape index (κ2) is 5.60. The molecule has 1 saturated heterocycles. The first-order chi connectivity index (χ1) is 8.90. The van der Waals surface area contributed by atoms with Crippen LogP contribution in [0, 0.1) is 0 Å². The highest BCUT2D eigenvalue weighted by Gasteiger charge is 2.39. The van der Waals surface area contributed by atoms with Gasteiger partial charge in [-0.2, -0.15) is 0 Å². The van der Waals surface area contributed by atoms with Crippen LogP contribution in [0.3, 0.4) is 0 Å². The Morgan fingerprint density at radius 2 is 2.00 bits per heavy atom. The second-order valence-corrected chi connectivity index (χ2v) is 6.10. The third-order valence-electron chi connectivity index (χ3n) is 2.98. The molecule has 0 bridgehead atoms. The first-order valence-electron chi connectivity index (χ1n) is 5.57. The maximum Gasteiger partial charge on any atom is 0.326 e. The van der Waals surface area contributed by atoms with Crippen LogP contribution in [0.25, 0.3) is 0 Å². The Labute approximate surface area is 126 Å². The fraction of sp³-hybridized carbons (Fsp3) is 0.333. The van der Waals surface area contributed by atoms with Crippen molar-refractivity contribution in [2.45, 2.75) is 18.6 Å². The standard InChI is InChI=1S/C12H11Br2NO4/c13-6-1-2-9(14)8(3-6)11(17)15-5-7(16)4-10(15)12(18)19/h1-3,7,10,16H,4-5H2,(H,18,19)/t7-,10-/m0/s1. The molecule has 0 unspecified atom stereocenters. The van der Waals surface area contributed by atoms with E-state index in [0.29, 0.717) is 10.0 Å². The number of aliphatic hydroxyl groups excluding tert-OH is 1. The van der Waals surface area contributed by atoms with Crippen LogP contribution in [0.1, 0.15) is 16.8 Å². The Balaban J connectivity index is 2.33. The number of rotatable bonds is 2. The largest absolute Gasteiger partial charge is 0.480 e. The Kier molecular flexibility index (Phi) is 4.27. The lowest BCUT2D eigenvalue weighted by atomic mass is 10.1. The third-order valence-corrected chi connectivity index (χ3v) is 4.17. The van der Waals surface area contributed by atoms with Crippen molar-refractivity contribution < 1.29 is 19.8 Å². The molecule has 0 spiro atoms. The van der Waals surface area contributed by atoms with Gasteiger partial charge in [0.1, 0.15) is 6.04 Å². The van der Waals surface area contributed by atoms with E-state index in [9.17, 15) is 14.7 Å². The van der Waals surface area contributed by atoms with Crippen molar-refractivity contribution in [3.05, 3.63) is 32.7 Å². The van der Waals surface area contributed by atoms with E-state index in [4.69, 9.17) is 5.11 Å². The number of halogens is 2. The quantitative estimate of drug-likeness (QED) is 0.805. The normalized spacial score (nSPS) is 22.6. The van der Waals surface area contributed by atoms with E-state index in [1.165, 1.54) is 4.90 Å². The Bertz CT molecular complexity index is 534. The molecule has 0 aliphatic carbocycles. The number of hydrogen-bond acceptors (Lipinski definition) is 3. The molecule has 19 heavy (non-hydrogen) atoms. The van der Waals surface area contributed by atoms with Crippen molar-refractivity contribution in [2.75, 3.05) is 6.54 Å². The molecule has 0 saturated carbocycles. The minimum Gasteiger partial charge on any atom is -0.480 e. The molecule has 1 aliphatic rings. The van der Waals surface area contributed by atoms with Gasteiger partial charge in [-0.3, -0.25) is 4.79 Å². The lowest BCUT2D eigenvalue weighted by Gasteiger charge is -2.21. The molecule has 1 aliphatic heterocycles. The van der Waals surface area contributed by atoms with E-state index in [2.05, 4.69) is 31.9 Å². The average Bonchev–Trinajstić information content (AvgIpc) is 2.74. The highest BCUT2D eigenvalue weighted by molar-refractivity contribution is 9.11. The van der Waals surface area contributed by atoms with Gasteiger partial charge in [0.2, 0.25) is 0 Å². The van der Waals surface area contributed by atoms with Crippen molar-refractivity contribution >= 4 is 43.7 Å². The predicted octanol–water partition coefficient (Wildman–Crippen LogP) is 1.87. The van der Waals surface area contributed by atoms with Crippen molar-refractivity contribution in [1.82, 2.24) is 4.90 Å². The molecule has 2 N–H and O–H groups in total. The minimum absolute atomic E-state index is 0.0365. The van der Waals surface area contributed by atoms with Crippen LogP contribution in [0.15, 0.2) is 27.1 Å². The van der Waals surface area contributed by atoms with Gasteiger partial charge in [0.05, 0.1) is 11.7 Å². The van der Waals surface area contributed by atoms with Crippen LogP contribution in [0.2, 0.25) is 0 Å². The predicted molar refractivity (Wildman–Crippen MR) is 74.9 cm³/mol. The fourth-order valence-corrected chi connectivity index (χ4v) is 2.87. The maximum atomic E-state index is 12.4. The molecule has 0 radical (unpaired) electrons. The summed E-state index contributed by atoms with van der Waals surface area (Å²) in [4.78, 5) is 24.7. The highest BCUT2D eigenvalue weighted by Crippen LogP contribution is 2.26. The summed E-state index contributed by atoms with van der Waals surface area (Å²) in [5, 5.41) is 18.7. The van der Waals surface area contributed by atoms with Crippen LogP contribution in [0.4, 0.5) is 0 Å². The summed E-state index contributed by atoms with van der Waals surface area (Å²) >= 11 is 6.54. The summed E-state index contributed by atoms with van der Waals surface area (Å²) in [5.74, 6) is -1.51. The zero-order valence-corrected chi connectivity index (χ0v) is 12.9. The molecule has 102 valence electrons. The minimum atomic E-state index is -1.10. The van der Waals surface area contributed by atoms with E-state index in [1.807, 2.05) is 0 Å². The molecular formula is C12H11Br2NO4. The molecule has 1 fully saturated rings. The van der Waals surface area contributed by atoms with Crippen LogP contribution in [0.5, 0.6) is 0 Å². The summed E-state index contributed by atoms with van der Waals surface area (Å²) < 4.78 is 1.32. The topological polar surface area (TPSA) is 77.8 Å². The first-order valence-corrected chi connectivity index (χ1v) is 7.15. The molecule has 2 atom stereocenters. The number of amides is 1. The molecule has 1 aromatic carbocycles. The number of aliphatic hydroxyl groups is 1. The smallest absolute Gasteiger partial charge is 0.326 e. The lowest BCUT2D eigenvalue weighted by molar-refractivity contribution is -0.141. The fourth-order valence-electron chi connectivity index (χ4n) is 2.09. The summed E-state index contributed by atoms with van der Waals surface area (Å²) in [7, 11) is 0. The van der Waals surface area contributed by atoms with Gasteiger partial charge in [-0.05, 0) is 34.1 Å². The van der Waals surface area contributed by atoms with Gasteiger partial charge >= 0.3 is 5.97 Å². The Morgan fingerprint density at radius 1 is 1.32 bits per heavy atom. The van der Waals surface area contributed by atoms with E-state index in [1.54, 1.807) is 18.2 Å². The van der Waals surface area contributed by atoms with Crippen molar-refractivity contribution in [1.29, 1.82) is 0 Å². The zero-order chi connectivity index (χ0) is 14.2. The van der Waals surface area contributed by atoms with Gasteiger partial charge in [-0.1, -0.05) is 15.9 Å². The van der Waals surface area contributed by atoms with Crippen molar-refractivity contribution in [2.24, 2.45) is 0 Å². The molecule has 1 heterocycles. The van der Waals surface area contributed by atoms with Crippen LogP contribution < -0.4 is 0 Å². The highest BCUT2D eigenvalue weighted by atomic mass is 79.9. The number of nitrogens with zero attached hydrogens (tertiary/aromatic N) is 1. The number of carboxylic acid groups (broad SMARTS) is 1. The Morgan fingerprint density at radius 3 is 2.63 bits per heavy atom. The first kappa shape index (κ1) is 14.5. The molecule has 2 rings (SSSR count). The summed E-state index contributed by atoms with van der Waals surface area (Å²) in [6, 6.07) is 4.12. The molecule has 1 aromatic rings. The van der Waals surface area contributed by atoms with E-state index < -0.39 is 24.0 Å². The lowest BCUT2D eigenvalue weighted by Crippen LogP contribution is -2.40. The van der Waals surface area contributed by atoms with Crippen molar-refractivity contribution in [3.63, 3.8) is 0 Å². The van der Waals surface area contributed by atoms with Gasteiger partial charge in [-0.25, -0.2) is 4.79 Å².